The summed E-state index contributed by atoms with van der Waals surface area (Å²) in [6, 6.07) is 0. The largest absolute Gasteiger partial charge is 0.476 e. The molecule has 0 unspecified atom stereocenters. The normalized spacial score (nSPS) is 9.21. The van der Waals surface area contributed by atoms with E-state index >= 15 is 0 Å². The molecular weight excluding hydrogens is 252 g/mol. The predicted octanol–water partition coefficient (Wildman–Crippen LogP) is 1.22. The van der Waals surface area contributed by atoms with Gasteiger partial charge < -0.3 is 9.47 Å². The third-order valence-electron chi connectivity index (χ3n) is 2.22. The summed E-state index contributed by atoms with van der Waals surface area (Å²) < 4.78 is 9.45. The van der Waals surface area contributed by atoms with Gasteiger partial charge in [-0.15, -0.1) is 0 Å². The van der Waals surface area contributed by atoms with Gasteiger partial charge in [-0.1, -0.05) is 5.92 Å². The SMILES string of the molecule is CCOC(=O)C#Cc1cnc(OC)c([N+](=O)[O-])c1C. The summed E-state index contributed by atoms with van der Waals surface area (Å²) in [6.45, 7) is 3.38. The first-order chi connectivity index (χ1) is 9.01. The number of ether oxygens (including phenoxy) is 2. The zero-order chi connectivity index (χ0) is 14.4. The molecule has 0 aliphatic rings. The first kappa shape index (κ1) is 14.4. The van der Waals surface area contributed by atoms with Crippen molar-refractivity contribution in [1.82, 2.24) is 4.98 Å². The number of hydrogen-bond donors (Lipinski definition) is 0. The summed E-state index contributed by atoms with van der Waals surface area (Å²) in [5, 5.41) is 10.9. The minimum atomic E-state index is -0.694. The minimum absolute atomic E-state index is 0.0933. The lowest BCUT2D eigenvalue weighted by molar-refractivity contribution is -0.386. The summed E-state index contributed by atoms with van der Waals surface area (Å²) in [5.74, 6) is 3.94. The fourth-order valence-corrected chi connectivity index (χ4v) is 1.35. The fourth-order valence-electron chi connectivity index (χ4n) is 1.35. The molecule has 19 heavy (non-hydrogen) atoms. The summed E-state index contributed by atoms with van der Waals surface area (Å²) >= 11 is 0. The van der Waals surface area contributed by atoms with E-state index in [1.165, 1.54) is 20.2 Å². The van der Waals surface area contributed by atoms with Gasteiger partial charge in [-0.2, -0.15) is 0 Å². The Morgan fingerprint density at radius 3 is 2.79 bits per heavy atom. The van der Waals surface area contributed by atoms with Gasteiger partial charge in [0.1, 0.15) is 0 Å². The molecular formula is C12H12N2O5. The van der Waals surface area contributed by atoms with Crippen LogP contribution in [0.5, 0.6) is 5.88 Å². The second-order valence-electron chi connectivity index (χ2n) is 3.38. The smallest absolute Gasteiger partial charge is 0.384 e. The van der Waals surface area contributed by atoms with E-state index in [2.05, 4.69) is 21.6 Å². The zero-order valence-corrected chi connectivity index (χ0v) is 10.7. The molecule has 1 aromatic heterocycles. The Bertz CT molecular complexity index is 571. The van der Waals surface area contributed by atoms with Crippen LogP contribution in [0.25, 0.3) is 0 Å². The van der Waals surface area contributed by atoms with Gasteiger partial charge in [0.15, 0.2) is 0 Å². The Kier molecular flexibility index (Phi) is 4.83. The van der Waals surface area contributed by atoms with Crippen LogP contribution in [0.2, 0.25) is 0 Å². The number of hydrogen-bond acceptors (Lipinski definition) is 6. The lowest BCUT2D eigenvalue weighted by Crippen LogP contribution is -2.02. The van der Waals surface area contributed by atoms with Crippen molar-refractivity contribution in [2.24, 2.45) is 0 Å². The van der Waals surface area contributed by atoms with E-state index in [1.807, 2.05) is 0 Å². The van der Waals surface area contributed by atoms with Crippen LogP contribution in [0.1, 0.15) is 18.1 Å². The molecule has 7 heteroatoms. The van der Waals surface area contributed by atoms with E-state index in [9.17, 15) is 14.9 Å². The van der Waals surface area contributed by atoms with Crippen LogP contribution in [-0.2, 0) is 9.53 Å². The molecule has 1 heterocycles. The van der Waals surface area contributed by atoms with Crippen LogP contribution < -0.4 is 4.74 Å². The molecule has 0 N–H and O–H groups in total. The van der Waals surface area contributed by atoms with Crippen molar-refractivity contribution in [3.63, 3.8) is 0 Å². The number of pyridine rings is 1. The van der Waals surface area contributed by atoms with Crippen molar-refractivity contribution in [1.29, 1.82) is 0 Å². The van der Waals surface area contributed by atoms with Crippen LogP contribution in [0, 0.1) is 28.9 Å². The van der Waals surface area contributed by atoms with Crippen LogP contribution >= 0.6 is 0 Å². The van der Waals surface area contributed by atoms with E-state index in [1.54, 1.807) is 6.92 Å². The molecule has 0 aromatic carbocycles. The maximum absolute atomic E-state index is 11.1. The quantitative estimate of drug-likeness (QED) is 0.353. The molecule has 1 rings (SSSR count). The number of rotatable bonds is 3. The molecule has 7 nitrogen and oxygen atoms in total. The molecule has 0 spiro atoms. The van der Waals surface area contributed by atoms with Gasteiger partial charge in [-0.05, 0) is 13.8 Å². The Hall–Kier alpha value is -2.62. The van der Waals surface area contributed by atoms with Crippen molar-refractivity contribution in [2.75, 3.05) is 13.7 Å². The van der Waals surface area contributed by atoms with Crippen molar-refractivity contribution in [3.05, 3.63) is 27.4 Å². The third-order valence-corrected chi connectivity index (χ3v) is 2.22. The molecule has 0 bridgehead atoms. The molecule has 0 saturated carbocycles. The first-order valence-electron chi connectivity index (χ1n) is 5.38. The van der Waals surface area contributed by atoms with E-state index in [0.717, 1.165) is 0 Å². The number of nitro groups is 1. The Labute approximate surface area is 109 Å². The highest BCUT2D eigenvalue weighted by atomic mass is 16.6. The number of aromatic nitrogens is 1. The van der Waals surface area contributed by atoms with Crippen molar-refractivity contribution in [2.45, 2.75) is 13.8 Å². The second-order valence-corrected chi connectivity index (χ2v) is 3.38. The van der Waals surface area contributed by atoms with Gasteiger partial charge in [0.2, 0.25) is 0 Å². The summed E-state index contributed by atoms with van der Waals surface area (Å²) in [6.07, 6.45) is 1.31. The number of carbonyl (C=O) groups excluding carboxylic acids is 1. The Morgan fingerprint density at radius 1 is 1.58 bits per heavy atom. The van der Waals surface area contributed by atoms with Gasteiger partial charge in [0.05, 0.1) is 24.2 Å². The van der Waals surface area contributed by atoms with E-state index < -0.39 is 10.9 Å². The first-order valence-corrected chi connectivity index (χ1v) is 5.38. The highest BCUT2D eigenvalue weighted by Crippen LogP contribution is 2.29. The average Bonchev–Trinajstić information content (AvgIpc) is 2.36. The molecule has 0 fully saturated rings. The second kappa shape index (κ2) is 6.35. The predicted molar refractivity (Wildman–Crippen MR) is 65.7 cm³/mol. The van der Waals surface area contributed by atoms with E-state index in [-0.39, 0.29) is 29.3 Å². The van der Waals surface area contributed by atoms with E-state index in [0.29, 0.717) is 0 Å². The topological polar surface area (TPSA) is 91.6 Å². The molecule has 0 aliphatic heterocycles. The molecule has 0 atom stereocenters. The molecule has 100 valence electrons. The molecule has 1 aromatic rings. The molecule has 0 radical (unpaired) electrons. The fraction of sp³-hybridized carbons (Fsp3) is 0.333. The Morgan fingerprint density at radius 2 is 2.26 bits per heavy atom. The minimum Gasteiger partial charge on any atom is -0.476 e. The Balaban J connectivity index is 3.21. The average molecular weight is 264 g/mol. The number of carbonyl (C=O) groups is 1. The van der Waals surface area contributed by atoms with Crippen LogP contribution in [-0.4, -0.2) is 29.6 Å². The van der Waals surface area contributed by atoms with Gasteiger partial charge in [-0.3, -0.25) is 10.1 Å². The maximum Gasteiger partial charge on any atom is 0.384 e. The summed E-state index contributed by atoms with van der Waals surface area (Å²) in [4.78, 5) is 25.2. The lowest BCUT2D eigenvalue weighted by atomic mass is 10.1. The van der Waals surface area contributed by atoms with Crippen LogP contribution in [0.15, 0.2) is 6.20 Å². The van der Waals surface area contributed by atoms with Gasteiger partial charge in [-0.25, -0.2) is 9.78 Å². The van der Waals surface area contributed by atoms with E-state index in [4.69, 9.17) is 4.74 Å². The number of esters is 1. The maximum atomic E-state index is 11.1. The number of methoxy groups -OCH3 is 1. The lowest BCUT2D eigenvalue weighted by Gasteiger charge is -2.04. The highest BCUT2D eigenvalue weighted by Gasteiger charge is 2.22. The van der Waals surface area contributed by atoms with Crippen molar-refractivity contribution >= 4 is 11.7 Å². The van der Waals surface area contributed by atoms with Gasteiger partial charge >= 0.3 is 11.7 Å². The van der Waals surface area contributed by atoms with Crippen LogP contribution in [0.4, 0.5) is 5.69 Å². The van der Waals surface area contributed by atoms with Gasteiger partial charge in [0.25, 0.3) is 5.88 Å². The third kappa shape index (κ3) is 3.42. The standard InChI is InChI=1S/C12H12N2O5/c1-4-19-10(15)6-5-9-7-13-12(18-3)11(8(9)2)14(16)17/h7H,4H2,1-3H3. The van der Waals surface area contributed by atoms with Crippen LogP contribution in [0.3, 0.4) is 0 Å². The zero-order valence-electron chi connectivity index (χ0n) is 10.7. The molecule has 0 amide bonds. The summed E-state index contributed by atoms with van der Waals surface area (Å²) in [5.41, 5.74) is 0.298. The molecule has 0 aliphatic carbocycles. The number of nitrogens with zero attached hydrogens (tertiary/aromatic N) is 2. The monoisotopic (exact) mass is 264 g/mol. The molecule has 0 saturated heterocycles. The van der Waals surface area contributed by atoms with Crippen molar-refractivity contribution < 1.29 is 19.2 Å². The highest BCUT2D eigenvalue weighted by molar-refractivity contribution is 5.89. The summed E-state index contributed by atoms with van der Waals surface area (Å²) in [7, 11) is 1.29. The van der Waals surface area contributed by atoms with Crippen molar-refractivity contribution in [3.8, 4) is 17.7 Å². The van der Waals surface area contributed by atoms with Gasteiger partial charge in [0, 0.05) is 17.7 Å².